The predicted octanol–water partition coefficient (Wildman–Crippen LogP) is 1.82. The summed E-state index contributed by atoms with van der Waals surface area (Å²) < 4.78 is 38.8. The van der Waals surface area contributed by atoms with Gasteiger partial charge in [0, 0.05) is 18.7 Å². The number of hydrogen-bond donors (Lipinski definition) is 2. The number of anilines is 1. The maximum Gasteiger partial charge on any atom is 0.240 e. The van der Waals surface area contributed by atoms with Crippen molar-refractivity contribution < 1.29 is 22.7 Å². The van der Waals surface area contributed by atoms with Crippen LogP contribution in [-0.2, 0) is 27.8 Å². The van der Waals surface area contributed by atoms with Crippen molar-refractivity contribution in [2.75, 3.05) is 18.5 Å². The van der Waals surface area contributed by atoms with Crippen molar-refractivity contribution in [2.45, 2.75) is 24.3 Å². The Morgan fingerprint density at radius 2 is 1.81 bits per heavy atom. The molecule has 7 nitrogen and oxygen atoms in total. The first-order chi connectivity index (χ1) is 12.5. The fraction of sp³-hybridized carbons (Fsp3) is 0.278. The SMILES string of the molecule is O=C1CCc2cc(S(=O)(=O)NCc3ccc4c(c3)OCCO4)ccc2N1. The van der Waals surface area contributed by atoms with E-state index in [0.29, 0.717) is 43.2 Å². The van der Waals surface area contributed by atoms with Crippen LogP contribution in [0.25, 0.3) is 0 Å². The van der Waals surface area contributed by atoms with Crippen LogP contribution in [0.15, 0.2) is 41.3 Å². The molecule has 0 bridgehead atoms. The second-order valence-electron chi connectivity index (χ2n) is 6.17. The van der Waals surface area contributed by atoms with Crippen molar-refractivity contribution in [1.29, 1.82) is 0 Å². The van der Waals surface area contributed by atoms with Gasteiger partial charge in [-0.25, -0.2) is 13.1 Å². The first-order valence-electron chi connectivity index (χ1n) is 8.32. The standard InChI is InChI=1S/C18H18N2O5S/c21-18-6-2-13-10-14(3-4-15(13)20-18)26(22,23)19-11-12-1-5-16-17(9-12)25-8-7-24-16/h1,3-5,9-10,19H,2,6-8,11H2,(H,20,21). The lowest BCUT2D eigenvalue weighted by atomic mass is 10.0. The first kappa shape index (κ1) is 16.9. The number of sulfonamides is 1. The van der Waals surface area contributed by atoms with Crippen molar-refractivity contribution in [2.24, 2.45) is 0 Å². The molecule has 2 heterocycles. The molecule has 1 amide bonds. The summed E-state index contributed by atoms with van der Waals surface area (Å²) in [4.78, 5) is 11.6. The maximum atomic E-state index is 12.6. The van der Waals surface area contributed by atoms with E-state index in [1.165, 1.54) is 6.07 Å². The molecular weight excluding hydrogens is 356 g/mol. The first-order valence-corrected chi connectivity index (χ1v) is 9.80. The van der Waals surface area contributed by atoms with Gasteiger partial charge < -0.3 is 14.8 Å². The largest absolute Gasteiger partial charge is 0.486 e. The van der Waals surface area contributed by atoms with E-state index >= 15 is 0 Å². The minimum atomic E-state index is -3.66. The van der Waals surface area contributed by atoms with E-state index in [1.54, 1.807) is 30.3 Å². The summed E-state index contributed by atoms with van der Waals surface area (Å²) >= 11 is 0. The molecule has 4 rings (SSSR count). The maximum absolute atomic E-state index is 12.6. The normalized spacial score (nSPS) is 15.9. The summed E-state index contributed by atoms with van der Waals surface area (Å²) in [5.74, 6) is 1.24. The van der Waals surface area contributed by atoms with Crippen LogP contribution >= 0.6 is 0 Å². The van der Waals surface area contributed by atoms with Gasteiger partial charge in [0.15, 0.2) is 11.5 Å². The summed E-state index contributed by atoms with van der Waals surface area (Å²) in [6.45, 7) is 1.14. The molecule has 0 saturated carbocycles. The topological polar surface area (TPSA) is 93.7 Å². The zero-order chi connectivity index (χ0) is 18.1. The zero-order valence-electron chi connectivity index (χ0n) is 13.9. The minimum Gasteiger partial charge on any atom is -0.486 e. The van der Waals surface area contributed by atoms with Crippen LogP contribution in [0.1, 0.15) is 17.5 Å². The Kier molecular flexibility index (Phi) is 4.29. The van der Waals surface area contributed by atoms with E-state index in [2.05, 4.69) is 10.0 Å². The predicted molar refractivity (Wildman–Crippen MR) is 94.9 cm³/mol. The number of aryl methyl sites for hydroxylation is 1. The van der Waals surface area contributed by atoms with E-state index < -0.39 is 10.0 Å². The molecule has 8 heteroatoms. The van der Waals surface area contributed by atoms with Crippen molar-refractivity contribution in [3.8, 4) is 11.5 Å². The lowest BCUT2D eigenvalue weighted by Crippen LogP contribution is -2.24. The van der Waals surface area contributed by atoms with E-state index in [9.17, 15) is 13.2 Å². The highest BCUT2D eigenvalue weighted by Gasteiger charge is 2.20. The number of nitrogens with one attached hydrogen (secondary N) is 2. The highest BCUT2D eigenvalue weighted by atomic mass is 32.2. The number of amides is 1. The van der Waals surface area contributed by atoms with E-state index in [0.717, 1.165) is 11.1 Å². The van der Waals surface area contributed by atoms with Gasteiger partial charge in [0.2, 0.25) is 15.9 Å². The monoisotopic (exact) mass is 374 g/mol. The average Bonchev–Trinajstić information content (AvgIpc) is 2.66. The Morgan fingerprint density at radius 3 is 2.65 bits per heavy atom. The van der Waals surface area contributed by atoms with Gasteiger partial charge in [-0.3, -0.25) is 4.79 Å². The summed E-state index contributed by atoms with van der Waals surface area (Å²) in [5, 5.41) is 2.75. The quantitative estimate of drug-likeness (QED) is 0.851. The molecule has 26 heavy (non-hydrogen) atoms. The van der Waals surface area contributed by atoms with E-state index in [4.69, 9.17) is 9.47 Å². The van der Waals surface area contributed by atoms with Crippen LogP contribution in [0, 0.1) is 0 Å². The average molecular weight is 374 g/mol. The fourth-order valence-corrected chi connectivity index (χ4v) is 4.05. The summed E-state index contributed by atoms with van der Waals surface area (Å²) in [7, 11) is -3.66. The van der Waals surface area contributed by atoms with Crippen LogP contribution in [0.3, 0.4) is 0 Å². The Hall–Kier alpha value is -2.58. The molecule has 0 fully saturated rings. The molecular formula is C18H18N2O5S. The van der Waals surface area contributed by atoms with Gasteiger partial charge in [0.05, 0.1) is 4.90 Å². The third kappa shape index (κ3) is 3.38. The van der Waals surface area contributed by atoms with Crippen LogP contribution in [0.5, 0.6) is 11.5 Å². The molecule has 2 aliphatic heterocycles. The molecule has 0 aliphatic carbocycles. The van der Waals surface area contributed by atoms with Gasteiger partial charge in [0.1, 0.15) is 13.2 Å². The third-order valence-electron chi connectivity index (χ3n) is 4.36. The Labute approximate surface area is 151 Å². The van der Waals surface area contributed by atoms with Gasteiger partial charge in [-0.15, -0.1) is 0 Å². The third-order valence-corrected chi connectivity index (χ3v) is 5.75. The highest BCUT2D eigenvalue weighted by molar-refractivity contribution is 7.89. The van der Waals surface area contributed by atoms with Crippen LogP contribution < -0.4 is 19.5 Å². The summed E-state index contributed by atoms with van der Waals surface area (Å²) in [6, 6.07) is 10.1. The van der Waals surface area contributed by atoms with E-state index in [1.807, 2.05) is 0 Å². The molecule has 0 spiro atoms. The lowest BCUT2D eigenvalue weighted by molar-refractivity contribution is -0.116. The number of fused-ring (bicyclic) bond motifs is 2. The number of carbonyl (C=O) groups excluding carboxylic acids is 1. The van der Waals surface area contributed by atoms with Crippen molar-refractivity contribution in [1.82, 2.24) is 4.72 Å². The second-order valence-corrected chi connectivity index (χ2v) is 7.94. The molecule has 0 atom stereocenters. The Balaban J connectivity index is 1.50. The number of ether oxygens (including phenoxy) is 2. The molecule has 0 radical (unpaired) electrons. The molecule has 0 saturated heterocycles. The number of carbonyl (C=O) groups is 1. The summed E-state index contributed by atoms with van der Waals surface area (Å²) in [6.07, 6.45) is 0.897. The molecule has 0 unspecified atom stereocenters. The Morgan fingerprint density at radius 1 is 1.00 bits per heavy atom. The smallest absolute Gasteiger partial charge is 0.240 e. The minimum absolute atomic E-state index is 0.0511. The number of rotatable bonds is 4. The molecule has 0 aromatic heterocycles. The van der Waals surface area contributed by atoms with Crippen molar-refractivity contribution in [3.05, 3.63) is 47.5 Å². The fourth-order valence-electron chi connectivity index (χ4n) is 2.99. The summed E-state index contributed by atoms with van der Waals surface area (Å²) in [5.41, 5.74) is 2.28. The van der Waals surface area contributed by atoms with Crippen LogP contribution in [-0.4, -0.2) is 27.5 Å². The Bertz CT molecular complexity index is 972. The van der Waals surface area contributed by atoms with Crippen molar-refractivity contribution >= 4 is 21.6 Å². The zero-order valence-corrected chi connectivity index (χ0v) is 14.8. The van der Waals surface area contributed by atoms with E-state index in [-0.39, 0.29) is 17.3 Å². The molecule has 2 aliphatic rings. The van der Waals surface area contributed by atoms with Crippen LogP contribution in [0.2, 0.25) is 0 Å². The molecule has 136 valence electrons. The van der Waals surface area contributed by atoms with Gasteiger partial charge >= 0.3 is 0 Å². The van der Waals surface area contributed by atoms with Gasteiger partial charge in [-0.2, -0.15) is 0 Å². The van der Waals surface area contributed by atoms with Crippen LogP contribution in [0.4, 0.5) is 5.69 Å². The molecule has 2 N–H and O–H groups in total. The second kappa shape index (κ2) is 6.62. The van der Waals surface area contributed by atoms with Gasteiger partial charge in [-0.1, -0.05) is 6.07 Å². The van der Waals surface area contributed by atoms with Crippen molar-refractivity contribution in [3.63, 3.8) is 0 Å². The highest BCUT2D eigenvalue weighted by Crippen LogP contribution is 2.31. The number of hydrogen-bond acceptors (Lipinski definition) is 5. The molecule has 2 aromatic carbocycles. The molecule has 2 aromatic rings. The number of benzene rings is 2. The van der Waals surface area contributed by atoms with Gasteiger partial charge in [0.25, 0.3) is 0 Å². The lowest BCUT2D eigenvalue weighted by Gasteiger charge is -2.19. The van der Waals surface area contributed by atoms with Gasteiger partial charge in [-0.05, 0) is 47.9 Å².